The van der Waals surface area contributed by atoms with Crippen LogP contribution in [0, 0.1) is 29.1 Å². The Bertz CT molecular complexity index is 660. The van der Waals surface area contributed by atoms with Gasteiger partial charge in [0, 0.05) is 19.3 Å². The molecule has 4 aliphatic rings. The van der Waals surface area contributed by atoms with E-state index in [1.807, 2.05) is 17.8 Å². The van der Waals surface area contributed by atoms with Gasteiger partial charge in [-0.1, -0.05) is 25.4 Å². The molecule has 1 aromatic heterocycles. The van der Waals surface area contributed by atoms with Gasteiger partial charge in [0.2, 0.25) is 5.91 Å². The smallest absolute Gasteiger partial charge is 0.226 e. The average molecular weight is 364 g/mol. The van der Waals surface area contributed by atoms with E-state index in [9.17, 15) is 4.79 Å². The monoisotopic (exact) mass is 363 g/mol. The summed E-state index contributed by atoms with van der Waals surface area (Å²) in [5.41, 5.74) is 1.53. The van der Waals surface area contributed by atoms with E-state index >= 15 is 0 Å². The van der Waals surface area contributed by atoms with Crippen molar-refractivity contribution in [3.63, 3.8) is 0 Å². The molecule has 4 nitrogen and oxygen atoms in total. The number of halogens is 1. The van der Waals surface area contributed by atoms with Gasteiger partial charge in [0.05, 0.1) is 16.1 Å². The van der Waals surface area contributed by atoms with Crippen molar-refractivity contribution in [2.45, 2.75) is 72.3 Å². The van der Waals surface area contributed by atoms with Gasteiger partial charge in [-0.3, -0.25) is 9.48 Å². The fraction of sp³-hybridized carbons (Fsp3) is 0.800. The number of hydrogen-bond acceptors (Lipinski definition) is 2. The fourth-order valence-corrected chi connectivity index (χ4v) is 7.09. The maximum absolute atomic E-state index is 13.1. The highest BCUT2D eigenvalue weighted by molar-refractivity contribution is 6.31. The van der Waals surface area contributed by atoms with Crippen molar-refractivity contribution in [2.24, 2.45) is 22.2 Å². The fourth-order valence-electron chi connectivity index (χ4n) is 6.94. The normalized spacial score (nSPS) is 39.0. The summed E-state index contributed by atoms with van der Waals surface area (Å²) in [4.78, 5) is 13.1. The lowest BCUT2D eigenvalue weighted by atomic mass is 9.40. The molecule has 1 heterocycles. The summed E-state index contributed by atoms with van der Waals surface area (Å²) in [5, 5.41) is 8.33. The van der Waals surface area contributed by atoms with E-state index in [4.69, 9.17) is 11.6 Å². The van der Waals surface area contributed by atoms with Crippen LogP contribution >= 0.6 is 11.6 Å². The van der Waals surface area contributed by atoms with E-state index in [1.165, 1.54) is 19.3 Å². The molecule has 1 N–H and O–H groups in total. The molecule has 138 valence electrons. The van der Waals surface area contributed by atoms with E-state index in [0.717, 1.165) is 50.4 Å². The van der Waals surface area contributed by atoms with Gasteiger partial charge in [0.15, 0.2) is 0 Å². The van der Waals surface area contributed by atoms with Crippen LogP contribution in [0.4, 0.5) is 0 Å². The van der Waals surface area contributed by atoms with Crippen LogP contribution in [0.1, 0.15) is 64.5 Å². The average Bonchev–Trinajstić information content (AvgIpc) is 2.78. The third-order valence-electron chi connectivity index (χ3n) is 6.84. The van der Waals surface area contributed by atoms with Crippen molar-refractivity contribution < 1.29 is 4.79 Å². The molecule has 25 heavy (non-hydrogen) atoms. The molecule has 0 radical (unpaired) electrons. The van der Waals surface area contributed by atoms with E-state index in [-0.39, 0.29) is 5.41 Å². The Morgan fingerprint density at radius 1 is 1.28 bits per heavy atom. The van der Waals surface area contributed by atoms with Crippen LogP contribution in [-0.2, 0) is 11.3 Å². The Balaban J connectivity index is 1.35. The summed E-state index contributed by atoms with van der Waals surface area (Å²) in [6, 6.07) is 0. The molecular formula is C20H30ClN3O. The third kappa shape index (κ3) is 3.11. The predicted molar refractivity (Wildman–Crippen MR) is 99.4 cm³/mol. The lowest BCUT2D eigenvalue weighted by Crippen LogP contribution is -2.59. The first-order chi connectivity index (χ1) is 11.7. The lowest BCUT2D eigenvalue weighted by molar-refractivity contribution is -0.170. The topological polar surface area (TPSA) is 46.9 Å². The van der Waals surface area contributed by atoms with Gasteiger partial charge in [0.1, 0.15) is 0 Å². The number of rotatable bonds is 5. The zero-order chi connectivity index (χ0) is 17.9. The van der Waals surface area contributed by atoms with Gasteiger partial charge < -0.3 is 5.32 Å². The molecule has 0 spiro atoms. The maximum atomic E-state index is 13.1. The van der Waals surface area contributed by atoms with Crippen molar-refractivity contribution in [3.8, 4) is 0 Å². The molecule has 5 rings (SSSR count). The molecule has 1 amide bonds. The molecular weight excluding hydrogens is 334 g/mol. The number of aryl methyl sites for hydroxylation is 2. The number of hydrogen-bond donors (Lipinski definition) is 1. The van der Waals surface area contributed by atoms with Gasteiger partial charge in [-0.05, 0) is 68.6 Å². The second-order valence-electron chi connectivity index (χ2n) is 9.85. The Hall–Kier alpha value is -1.03. The number of amides is 1. The van der Waals surface area contributed by atoms with Crippen LogP contribution in [-0.4, -0.2) is 22.2 Å². The minimum atomic E-state index is -0.103. The van der Waals surface area contributed by atoms with Crippen molar-refractivity contribution in [2.75, 3.05) is 6.54 Å². The summed E-state index contributed by atoms with van der Waals surface area (Å²) in [6.07, 6.45) is 10.0. The quantitative estimate of drug-likeness (QED) is 0.790. The second-order valence-corrected chi connectivity index (χ2v) is 10.3. The van der Waals surface area contributed by atoms with Crippen molar-refractivity contribution in [1.29, 1.82) is 0 Å². The van der Waals surface area contributed by atoms with Crippen LogP contribution in [0.2, 0.25) is 5.02 Å². The van der Waals surface area contributed by atoms with E-state index < -0.39 is 0 Å². The SMILES string of the molecule is Cc1nn(CCCNC(=O)C23CC4C[C@@](C)(C2)C[C@](C)(C4)C3)cc1Cl. The molecule has 0 aromatic carbocycles. The van der Waals surface area contributed by atoms with Gasteiger partial charge in [-0.15, -0.1) is 0 Å². The first-order valence-corrected chi connectivity index (χ1v) is 10.1. The Morgan fingerprint density at radius 2 is 1.96 bits per heavy atom. The van der Waals surface area contributed by atoms with Gasteiger partial charge in [-0.2, -0.15) is 5.10 Å². The van der Waals surface area contributed by atoms with Crippen molar-refractivity contribution in [1.82, 2.24) is 15.1 Å². The van der Waals surface area contributed by atoms with Crippen LogP contribution in [0.15, 0.2) is 6.20 Å². The van der Waals surface area contributed by atoms with E-state index in [2.05, 4.69) is 24.3 Å². The van der Waals surface area contributed by atoms with Crippen LogP contribution in [0.5, 0.6) is 0 Å². The lowest BCUT2D eigenvalue weighted by Gasteiger charge is -2.64. The summed E-state index contributed by atoms with van der Waals surface area (Å²) in [7, 11) is 0. The van der Waals surface area contributed by atoms with Crippen LogP contribution < -0.4 is 5.32 Å². The third-order valence-corrected chi connectivity index (χ3v) is 7.21. The molecule has 0 aliphatic heterocycles. The minimum Gasteiger partial charge on any atom is -0.356 e. The molecule has 4 aliphatic carbocycles. The molecule has 4 bridgehead atoms. The Labute approximate surface area is 155 Å². The molecule has 2 unspecified atom stereocenters. The standard InChI is InChI=1S/C20H30ClN3O/c1-14-16(21)10-24(23-14)6-4-5-22-17(25)20-9-15-7-18(2,12-20)11-19(3,8-15)13-20/h10,15H,4-9,11-13H2,1-3H3,(H,22,25)/t15?,18-,19+,20?. The van der Waals surface area contributed by atoms with Crippen molar-refractivity contribution in [3.05, 3.63) is 16.9 Å². The summed E-state index contributed by atoms with van der Waals surface area (Å²) >= 11 is 6.04. The number of carbonyl (C=O) groups is 1. The highest BCUT2D eigenvalue weighted by Crippen LogP contribution is 2.69. The van der Waals surface area contributed by atoms with Gasteiger partial charge >= 0.3 is 0 Å². The number of carbonyl (C=O) groups excluding carboxylic acids is 1. The largest absolute Gasteiger partial charge is 0.356 e. The van der Waals surface area contributed by atoms with Gasteiger partial charge in [-0.25, -0.2) is 0 Å². The highest BCUT2D eigenvalue weighted by atomic mass is 35.5. The first-order valence-electron chi connectivity index (χ1n) is 9.69. The number of nitrogens with zero attached hydrogens (tertiary/aromatic N) is 2. The Kier molecular flexibility index (Phi) is 3.99. The molecule has 1 aromatic rings. The predicted octanol–water partition coefficient (Wildman–Crippen LogP) is 4.35. The zero-order valence-corrected chi connectivity index (χ0v) is 16.5. The van der Waals surface area contributed by atoms with Crippen LogP contribution in [0.3, 0.4) is 0 Å². The first kappa shape index (κ1) is 17.4. The molecule has 4 saturated carbocycles. The number of nitrogens with one attached hydrogen (secondary N) is 1. The summed E-state index contributed by atoms with van der Waals surface area (Å²) < 4.78 is 1.87. The van der Waals surface area contributed by atoms with E-state index in [1.54, 1.807) is 0 Å². The van der Waals surface area contributed by atoms with Crippen molar-refractivity contribution >= 4 is 17.5 Å². The minimum absolute atomic E-state index is 0.103. The molecule has 4 atom stereocenters. The van der Waals surface area contributed by atoms with Crippen LogP contribution in [0.25, 0.3) is 0 Å². The molecule has 0 saturated heterocycles. The summed E-state index contributed by atoms with van der Waals surface area (Å²) in [6.45, 7) is 8.26. The van der Waals surface area contributed by atoms with Gasteiger partial charge in [0.25, 0.3) is 0 Å². The Morgan fingerprint density at radius 3 is 2.52 bits per heavy atom. The highest BCUT2D eigenvalue weighted by Gasteiger charge is 2.62. The molecule has 4 fully saturated rings. The second kappa shape index (κ2) is 5.73. The number of aromatic nitrogens is 2. The zero-order valence-electron chi connectivity index (χ0n) is 15.7. The summed E-state index contributed by atoms with van der Waals surface area (Å²) in [5.74, 6) is 1.06. The molecule has 5 heteroatoms. The maximum Gasteiger partial charge on any atom is 0.226 e. The van der Waals surface area contributed by atoms with E-state index in [0.29, 0.717) is 21.8 Å².